The summed E-state index contributed by atoms with van der Waals surface area (Å²) in [5.74, 6) is -0.211. The van der Waals surface area contributed by atoms with E-state index >= 15 is 0 Å². The van der Waals surface area contributed by atoms with E-state index in [0.29, 0.717) is 12.8 Å². The lowest BCUT2D eigenvalue weighted by Crippen LogP contribution is -2.32. The number of H-pyrrole nitrogens is 1. The van der Waals surface area contributed by atoms with Gasteiger partial charge in [0, 0.05) is 24.8 Å². The summed E-state index contributed by atoms with van der Waals surface area (Å²) in [5.41, 5.74) is -0.961. The number of hydrogen-bond acceptors (Lipinski definition) is 4. The lowest BCUT2D eigenvalue weighted by molar-refractivity contribution is 0.0906. The summed E-state index contributed by atoms with van der Waals surface area (Å²) >= 11 is 3.06. The van der Waals surface area contributed by atoms with Crippen LogP contribution < -0.4 is 11.2 Å². The number of rotatable bonds is 2. The Balaban J connectivity index is 2.34. The van der Waals surface area contributed by atoms with Gasteiger partial charge in [-0.3, -0.25) is 14.3 Å². The number of aromatic nitrogens is 2. The van der Waals surface area contributed by atoms with Gasteiger partial charge >= 0.3 is 5.69 Å². The van der Waals surface area contributed by atoms with Gasteiger partial charge in [-0.15, -0.1) is 0 Å². The van der Waals surface area contributed by atoms with E-state index in [-0.39, 0.29) is 23.0 Å². The van der Waals surface area contributed by atoms with E-state index < -0.39 is 17.4 Å². The van der Waals surface area contributed by atoms with Crippen LogP contribution in [0.1, 0.15) is 18.9 Å². The molecule has 0 amide bonds. The number of aliphatic hydroxyl groups excluding tert-OH is 2. The number of nitrogens with zero attached hydrogens (tertiary/aromatic N) is 1. The molecule has 1 aliphatic carbocycles. The summed E-state index contributed by atoms with van der Waals surface area (Å²) in [7, 11) is 0. The average Bonchev–Trinajstić information content (AvgIpc) is 2.65. The Kier molecular flexibility index (Phi) is 3.50. The highest BCUT2D eigenvalue weighted by Gasteiger charge is 2.34. The number of hydrogen-bond donors (Lipinski definition) is 3. The van der Waals surface area contributed by atoms with E-state index in [2.05, 4.69) is 20.9 Å². The van der Waals surface area contributed by atoms with E-state index in [1.807, 2.05) is 0 Å². The lowest BCUT2D eigenvalue weighted by Gasteiger charge is -2.13. The fraction of sp³-hybridized carbons (Fsp3) is 0.600. The van der Waals surface area contributed by atoms with Crippen LogP contribution in [0.4, 0.5) is 0 Å². The van der Waals surface area contributed by atoms with Gasteiger partial charge in [0.2, 0.25) is 0 Å². The SMILES string of the molecule is O=c1[nH]c(=O)n([C@H]2C[C@@H](CO)[C@H](O)C2)cc1Br. The molecule has 94 valence electrons. The van der Waals surface area contributed by atoms with Crippen LogP contribution in [0.15, 0.2) is 20.3 Å². The molecule has 0 saturated heterocycles. The van der Waals surface area contributed by atoms with Crippen molar-refractivity contribution in [3.05, 3.63) is 31.5 Å². The van der Waals surface area contributed by atoms with Crippen molar-refractivity contribution in [2.75, 3.05) is 6.61 Å². The molecule has 3 N–H and O–H groups in total. The molecule has 0 aliphatic heterocycles. The third kappa shape index (κ3) is 2.36. The Morgan fingerprint density at radius 1 is 1.47 bits per heavy atom. The van der Waals surface area contributed by atoms with Gasteiger partial charge in [-0.2, -0.15) is 0 Å². The van der Waals surface area contributed by atoms with Crippen molar-refractivity contribution in [1.82, 2.24) is 9.55 Å². The quantitative estimate of drug-likeness (QED) is 0.693. The van der Waals surface area contributed by atoms with Crippen LogP contribution >= 0.6 is 15.9 Å². The van der Waals surface area contributed by atoms with Gasteiger partial charge in [-0.25, -0.2) is 4.79 Å². The fourth-order valence-corrected chi connectivity index (χ4v) is 2.55. The van der Waals surface area contributed by atoms with Gasteiger partial charge in [0.05, 0.1) is 10.6 Å². The maximum Gasteiger partial charge on any atom is 0.328 e. The first-order valence-corrected chi connectivity index (χ1v) is 6.12. The number of aliphatic hydroxyl groups is 2. The monoisotopic (exact) mass is 304 g/mol. The van der Waals surface area contributed by atoms with Crippen molar-refractivity contribution < 1.29 is 10.2 Å². The second-order valence-electron chi connectivity index (χ2n) is 4.28. The molecule has 6 nitrogen and oxygen atoms in total. The van der Waals surface area contributed by atoms with Gasteiger partial charge in [0.1, 0.15) is 0 Å². The summed E-state index contributed by atoms with van der Waals surface area (Å²) in [4.78, 5) is 25.0. The predicted molar refractivity (Wildman–Crippen MR) is 63.9 cm³/mol. The summed E-state index contributed by atoms with van der Waals surface area (Å²) in [6.07, 6.45) is 1.75. The highest BCUT2D eigenvalue weighted by Crippen LogP contribution is 2.33. The Bertz CT molecular complexity index is 524. The van der Waals surface area contributed by atoms with Crippen molar-refractivity contribution in [3.8, 4) is 0 Å². The summed E-state index contributed by atoms with van der Waals surface area (Å²) < 4.78 is 1.67. The molecular formula is C10H13BrN2O4. The molecule has 0 bridgehead atoms. The summed E-state index contributed by atoms with van der Waals surface area (Å²) in [6, 6.07) is -0.192. The summed E-state index contributed by atoms with van der Waals surface area (Å²) in [6.45, 7) is -0.100. The Hall–Kier alpha value is -0.920. The second kappa shape index (κ2) is 4.75. The minimum Gasteiger partial charge on any atom is -0.396 e. The Morgan fingerprint density at radius 3 is 2.76 bits per heavy atom. The third-order valence-corrected chi connectivity index (χ3v) is 3.75. The van der Waals surface area contributed by atoms with E-state index in [1.54, 1.807) is 0 Å². The standard InChI is InChI=1S/C10H13BrN2O4/c11-7-3-13(10(17)12-9(7)16)6-1-5(4-14)8(15)2-6/h3,5-6,8,14-15H,1-2,4H2,(H,12,16,17)/t5-,6-,8+/m0/s1. The molecule has 1 aromatic heterocycles. The molecule has 3 atom stereocenters. The fourth-order valence-electron chi connectivity index (χ4n) is 2.23. The highest BCUT2D eigenvalue weighted by atomic mass is 79.9. The molecule has 0 spiro atoms. The zero-order valence-corrected chi connectivity index (χ0v) is 10.6. The van der Waals surface area contributed by atoms with Crippen molar-refractivity contribution in [1.29, 1.82) is 0 Å². The first-order valence-electron chi connectivity index (χ1n) is 5.32. The molecule has 0 radical (unpaired) electrons. The van der Waals surface area contributed by atoms with Crippen LogP contribution in [0.2, 0.25) is 0 Å². The molecular weight excluding hydrogens is 292 g/mol. The van der Waals surface area contributed by atoms with Crippen LogP contribution in [-0.4, -0.2) is 32.5 Å². The van der Waals surface area contributed by atoms with Gasteiger partial charge in [-0.05, 0) is 28.8 Å². The van der Waals surface area contributed by atoms with E-state index in [4.69, 9.17) is 5.11 Å². The predicted octanol–water partition coefficient (Wildman–Crippen LogP) is -0.397. The van der Waals surface area contributed by atoms with E-state index in [9.17, 15) is 14.7 Å². The van der Waals surface area contributed by atoms with Crippen LogP contribution in [0.5, 0.6) is 0 Å². The van der Waals surface area contributed by atoms with Gasteiger partial charge in [-0.1, -0.05) is 0 Å². The van der Waals surface area contributed by atoms with Crippen LogP contribution in [-0.2, 0) is 0 Å². The maximum absolute atomic E-state index is 11.6. The largest absolute Gasteiger partial charge is 0.396 e. The number of halogens is 1. The van der Waals surface area contributed by atoms with Crippen molar-refractivity contribution >= 4 is 15.9 Å². The van der Waals surface area contributed by atoms with Crippen LogP contribution in [0, 0.1) is 5.92 Å². The number of aromatic amines is 1. The van der Waals surface area contributed by atoms with Crippen LogP contribution in [0.3, 0.4) is 0 Å². The molecule has 1 aliphatic rings. The van der Waals surface area contributed by atoms with Gasteiger partial charge < -0.3 is 10.2 Å². The molecule has 7 heteroatoms. The molecule has 0 unspecified atom stereocenters. The van der Waals surface area contributed by atoms with Crippen LogP contribution in [0.25, 0.3) is 0 Å². The topological polar surface area (TPSA) is 95.3 Å². The molecule has 2 rings (SSSR count). The maximum atomic E-state index is 11.6. The minimum atomic E-state index is -0.609. The average molecular weight is 305 g/mol. The third-order valence-electron chi connectivity index (χ3n) is 3.18. The second-order valence-corrected chi connectivity index (χ2v) is 5.13. The minimum absolute atomic E-state index is 0.100. The van der Waals surface area contributed by atoms with Crippen molar-refractivity contribution in [3.63, 3.8) is 0 Å². The highest BCUT2D eigenvalue weighted by molar-refractivity contribution is 9.10. The molecule has 0 aromatic carbocycles. The van der Waals surface area contributed by atoms with E-state index in [1.165, 1.54) is 10.8 Å². The molecule has 1 heterocycles. The van der Waals surface area contributed by atoms with Gasteiger partial charge in [0.15, 0.2) is 0 Å². The molecule has 1 saturated carbocycles. The van der Waals surface area contributed by atoms with Crippen molar-refractivity contribution in [2.45, 2.75) is 25.0 Å². The lowest BCUT2D eigenvalue weighted by atomic mass is 10.1. The Labute approximate surface area is 105 Å². The normalized spacial score (nSPS) is 28.5. The molecule has 1 aromatic rings. The molecule has 1 fully saturated rings. The summed E-state index contributed by atoms with van der Waals surface area (Å²) in [5, 5.41) is 18.7. The van der Waals surface area contributed by atoms with E-state index in [0.717, 1.165) is 0 Å². The van der Waals surface area contributed by atoms with Crippen molar-refractivity contribution in [2.24, 2.45) is 5.92 Å². The first-order chi connectivity index (χ1) is 8.02. The zero-order valence-electron chi connectivity index (χ0n) is 8.97. The smallest absolute Gasteiger partial charge is 0.328 e. The van der Waals surface area contributed by atoms with Gasteiger partial charge in [0.25, 0.3) is 5.56 Å². The zero-order chi connectivity index (χ0) is 12.6. The molecule has 17 heavy (non-hydrogen) atoms. The number of nitrogens with one attached hydrogen (secondary N) is 1. The first kappa shape index (κ1) is 12.5. The Morgan fingerprint density at radius 2 is 2.18 bits per heavy atom.